The number of likely N-dealkylation sites (N-methyl/N-ethyl adjacent to an activating group) is 1. The summed E-state index contributed by atoms with van der Waals surface area (Å²) in [5, 5.41) is 3.31. The van der Waals surface area contributed by atoms with Gasteiger partial charge in [0, 0.05) is 43.5 Å². The highest BCUT2D eigenvalue weighted by Crippen LogP contribution is 2.31. The summed E-state index contributed by atoms with van der Waals surface area (Å²) in [4.78, 5) is 17.9. The molecule has 164 valence electrons. The molecule has 1 heterocycles. The highest BCUT2D eigenvalue weighted by atomic mass is 16.1. The van der Waals surface area contributed by atoms with Gasteiger partial charge in [-0.1, -0.05) is 54.6 Å². The number of carbonyl (C=O) groups excluding carboxylic acids is 1. The molecule has 0 unspecified atom stereocenters. The lowest BCUT2D eigenvalue weighted by Crippen LogP contribution is -2.45. The van der Waals surface area contributed by atoms with E-state index in [2.05, 4.69) is 52.5 Å². The third-order valence-corrected chi connectivity index (χ3v) is 6.89. The van der Waals surface area contributed by atoms with Crippen molar-refractivity contribution >= 4 is 11.6 Å². The summed E-state index contributed by atoms with van der Waals surface area (Å²) in [5.74, 6) is 0.0233. The number of nitrogens with one attached hydrogen (secondary N) is 1. The van der Waals surface area contributed by atoms with Crippen LogP contribution in [-0.4, -0.2) is 50.1 Å². The number of amides is 1. The average molecular weight is 426 g/mol. The van der Waals surface area contributed by atoms with Crippen molar-refractivity contribution in [2.45, 2.75) is 25.3 Å². The molecule has 0 aromatic heterocycles. The van der Waals surface area contributed by atoms with E-state index in [9.17, 15) is 4.79 Å². The first-order valence-corrected chi connectivity index (χ1v) is 11.7. The van der Waals surface area contributed by atoms with E-state index < -0.39 is 0 Å². The second kappa shape index (κ2) is 9.17. The van der Waals surface area contributed by atoms with Crippen LogP contribution in [0, 0.1) is 0 Å². The number of fused-ring (bicyclic) bond motifs is 1. The van der Waals surface area contributed by atoms with Gasteiger partial charge in [-0.25, -0.2) is 0 Å². The van der Waals surface area contributed by atoms with Crippen molar-refractivity contribution in [2.24, 2.45) is 0 Å². The Bertz CT molecular complexity index is 1070. The quantitative estimate of drug-likeness (QED) is 0.673. The minimum atomic E-state index is 0.0233. The zero-order chi connectivity index (χ0) is 21.9. The Morgan fingerprint density at radius 2 is 1.56 bits per heavy atom. The number of hydrogen-bond donors (Lipinski definition) is 1. The highest BCUT2D eigenvalue weighted by molar-refractivity contribution is 5.95. The molecule has 1 saturated heterocycles. The standard InChI is InChI=1S/C28H31N3O/c1-30-16-18-31(19-17-30)27-9-5-8-23-14-15-25(20-26(23)27)29-28(32)24-12-10-22(11-13-24)21-6-3-2-4-7-21/h2-13,25H,14-20H2,1H3,(H,29,32)/t25-/m1/s1. The molecule has 0 saturated carbocycles. The van der Waals surface area contributed by atoms with Gasteiger partial charge in [0.25, 0.3) is 5.91 Å². The van der Waals surface area contributed by atoms with Crippen LogP contribution in [0.5, 0.6) is 0 Å². The van der Waals surface area contributed by atoms with E-state index in [1.165, 1.54) is 22.4 Å². The van der Waals surface area contributed by atoms with Crippen LogP contribution in [0.4, 0.5) is 5.69 Å². The monoisotopic (exact) mass is 425 g/mol. The van der Waals surface area contributed by atoms with Gasteiger partial charge in [-0.15, -0.1) is 0 Å². The van der Waals surface area contributed by atoms with Crippen molar-refractivity contribution in [3.8, 4) is 11.1 Å². The molecule has 1 aliphatic heterocycles. The second-order valence-corrected chi connectivity index (χ2v) is 9.06. The molecule has 5 rings (SSSR count). The summed E-state index contributed by atoms with van der Waals surface area (Å²) in [5.41, 5.74) is 7.25. The number of anilines is 1. The van der Waals surface area contributed by atoms with Gasteiger partial charge in [0.15, 0.2) is 0 Å². The normalized spacial score (nSPS) is 18.8. The third-order valence-electron chi connectivity index (χ3n) is 6.89. The molecule has 1 fully saturated rings. The molecule has 3 aromatic rings. The second-order valence-electron chi connectivity index (χ2n) is 9.06. The molecule has 1 aliphatic carbocycles. The van der Waals surface area contributed by atoms with Crippen LogP contribution in [0.3, 0.4) is 0 Å². The number of carbonyl (C=O) groups is 1. The van der Waals surface area contributed by atoms with Gasteiger partial charge in [0.2, 0.25) is 0 Å². The molecule has 1 atom stereocenters. The summed E-state index contributed by atoms with van der Waals surface area (Å²) in [6, 6.07) is 25.1. The largest absolute Gasteiger partial charge is 0.369 e. The van der Waals surface area contributed by atoms with E-state index in [1.807, 2.05) is 42.5 Å². The summed E-state index contributed by atoms with van der Waals surface area (Å²) >= 11 is 0. The fourth-order valence-electron chi connectivity index (χ4n) is 4.95. The van der Waals surface area contributed by atoms with E-state index in [4.69, 9.17) is 0 Å². The number of hydrogen-bond acceptors (Lipinski definition) is 3. The maximum atomic E-state index is 13.0. The van der Waals surface area contributed by atoms with Crippen molar-refractivity contribution in [1.82, 2.24) is 10.2 Å². The SMILES string of the molecule is CN1CCN(c2cccc3c2C[C@H](NC(=O)c2ccc(-c4ccccc4)cc2)CC3)CC1. The first-order valence-electron chi connectivity index (χ1n) is 11.7. The zero-order valence-electron chi connectivity index (χ0n) is 18.8. The summed E-state index contributed by atoms with van der Waals surface area (Å²) in [7, 11) is 2.19. The Morgan fingerprint density at radius 1 is 0.844 bits per heavy atom. The van der Waals surface area contributed by atoms with Crippen LogP contribution >= 0.6 is 0 Å². The maximum Gasteiger partial charge on any atom is 0.251 e. The summed E-state index contributed by atoms with van der Waals surface area (Å²) in [6.45, 7) is 4.33. The molecule has 1 N–H and O–H groups in total. The van der Waals surface area contributed by atoms with Gasteiger partial charge in [-0.2, -0.15) is 0 Å². The van der Waals surface area contributed by atoms with Gasteiger partial charge in [0.05, 0.1) is 0 Å². The molecule has 0 radical (unpaired) electrons. The maximum absolute atomic E-state index is 13.0. The third kappa shape index (κ3) is 4.42. The van der Waals surface area contributed by atoms with Gasteiger partial charge < -0.3 is 15.1 Å². The zero-order valence-corrected chi connectivity index (χ0v) is 18.8. The molecular formula is C28H31N3O. The van der Waals surface area contributed by atoms with E-state index in [1.54, 1.807) is 0 Å². The van der Waals surface area contributed by atoms with Crippen LogP contribution in [0.15, 0.2) is 72.8 Å². The molecule has 2 aliphatic rings. The van der Waals surface area contributed by atoms with Crippen LogP contribution < -0.4 is 10.2 Å². The minimum Gasteiger partial charge on any atom is -0.369 e. The molecule has 4 nitrogen and oxygen atoms in total. The number of nitrogens with zero attached hydrogens (tertiary/aromatic N) is 2. The van der Waals surface area contributed by atoms with E-state index in [0.29, 0.717) is 0 Å². The number of benzene rings is 3. The lowest BCUT2D eigenvalue weighted by atomic mass is 9.86. The molecule has 32 heavy (non-hydrogen) atoms. The van der Waals surface area contributed by atoms with Gasteiger partial charge in [-0.3, -0.25) is 4.79 Å². The van der Waals surface area contributed by atoms with E-state index in [-0.39, 0.29) is 11.9 Å². The Kier molecular flexibility index (Phi) is 5.95. The predicted molar refractivity (Wildman–Crippen MR) is 131 cm³/mol. The van der Waals surface area contributed by atoms with Crippen molar-refractivity contribution in [2.75, 3.05) is 38.1 Å². The average Bonchev–Trinajstić information content (AvgIpc) is 2.85. The molecule has 3 aromatic carbocycles. The Morgan fingerprint density at radius 3 is 2.31 bits per heavy atom. The molecule has 0 spiro atoms. The molecule has 4 heteroatoms. The lowest BCUT2D eigenvalue weighted by Gasteiger charge is -2.37. The van der Waals surface area contributed by atoms with Crippen molar-refractivity contribution in [3.63, 3.8) is 0 Å². The topological polar surface area (TPSA) is 35.6 Å². The van der Waals surface area contributed by atoms with Crippen LogP contribution in [0.2, 0.25) is 0 Å². The highest BCUT2D eigenvalue weighted by Gasteiger charge is 2.25. The van der Waals surface area contributed by atoms with Crippen LogP contribution in [0.1, 0.15) is 27.9 Å². The first-order chi connectivity index (χ1) is 15.7. The Balaban J connectivity index is 1.27. The van der Waals surface area contributed by atoms with Crippen molar-refractivity contribution < 1.29 is 4.79 Å². The number of piperazine rings is 1. The smallest absolute Gasteiger partial charge is 0.251 e. The molecular weight excluding hydrogens is 394 g/mol. The summed E-state index contributed by atoms with van der Waals surface area (Å²) in [6.07, 6.45) is 2.92. The predicted octanol–water partition coefficient (Wildman–Crippen LogP) is 4.39. The summed E-state index contributed by atoms with van der Waals surface area (Å²) < 4.78 is 0. The van der Waals surface area contributed by atoms with Crippen molar-refractivity contribution in [3.05, 3.63) is 89.5 Å². The Labute approximate surface area is 190 Å². The van der Waals surface area contributed by atoms with Crippen LogP contribution in [-0.2, 0) is 12.8 Å². The fraction of sp³-hybridized carbons (Fsp3) is 0.321. The van der Waals surface area contributed by atoms with Gasteiger partial charge in [0.1, 0.15) is 0 Å². The fourth-order valence-corrected chi connectivity index (χ4v) is 4.95. The number of aryl methyl sites for hydroxylation is 1. The van der Waals surface area contributed by atoms with Gasteiger partial charge >= 0.3 is 0 Å². The molecule has 0 bridgehead atoms. The van der Waals surface area contributed by atoms with Crippen molar-refractivity contribution in [1.29, 1.82) is 0 Å². The van der Waals surface area contributed by atoms with E-state index >= 15 is 0 Å². The van der Waals surface area contributed by atoms with Crippen LogP contribution in [0.25, 0.3) is 11.1 Å². The number of rotatable bonds is 4. The van der Waals surface area contributed by atoms with E-state index in [0.717, 1.165) is 56.6 Å². The first kappa shape index (κ1) is 20.8. The molecule has 1 amide bonds. The van der Waals surface area contributed by atoms with Gasteiger partial charge in [-0.05, 0) is 66.8 Å². The lowest BCUT2D eigenvalue weighted by molar-refractivity contribution is 0.0933. The Hall–Kier alpha value is -3.11. The minimum absolute atomic E-state index is 0.0233.